The molecule has 2 fully saturated rings. The van der Waals surface area contributed by atoms with Crippen molar-refractivity contribution in [2.75, 3.05) is 26.3 Å². The van der Waals surface area contributed by atoms with Gasteiger partial charge in [-0.25, -0.2) is 5.01 Å². The Morgan fingerprint density at radius 3 is 2.38 bits per heavy atom. The van der Waals surface area contributed by atoms with E-state index in [2.05, 4.69) is 10.4 Å². The Balaban J connectivity index is 1.69. The van der Waals surface area contributed by atoms with E-state index in [-0.39, 0.29) is 0 Å². The van der Waals surface area contributed by atoms with Crippen LogP contribution in [0, 0.1) is 0 Å². The Morgan fingerprint density at radius 1 is 1.00 bits per heavy atom. The summed E-state index contributed by atoms with van der Waals surface area (Å²) in [5.41, 5.74) is 3.61. The zero-order chi connectivity index (χ0) is 8.93. The van der Waals surface area contributed by atoms with Gasteiger partial charge in [-0.1, -0.05) is 6.42 Å². The van der Waals surface area contributed by atoms with Crippen LogP contribution < -0.4 is 5.43 Å². The van der Waals surface area contributed by atoms with Crippen LogP contribution in [0.15, 0.2) is 0 Å². The molecule has 2 aliphatic rings. The minimum absolute atomic E-state index is 0.673. The molecule has 2 rings (SSSR count). The topological polar surface area (TPSA) is 24.5 Å². The molecule has 0 aromatic carbocycles. The molecule has 3 nitrogen and oxygen atoms in total. The van der Waals surface area contributed by atoms with Gasteiger partial charge in [0.1, 0.15) is 0 Å². The van der Waals surface area contributed by atoms with Crippen molar-refractivity contribution in [3.05, 3.63) is 0 Å². The lowest BCUT2D eigenvalue weighted by molar-refractivity contribution is 0.0406. The Hall–Kier alpha value is -0.120. The molecule has 0 saturated carbocycles. The number of hydrogen-bond donors (Lipinski definition) is 1. The molecule has 0 aliphatic carbocycles. The number of rotatable bonds is 2. The van der Waals surface area contributed by atoms with Crippen molar-refractivity contribution >= 4 is 0 Å². The Morgan fingerprint density at radius 2 is 1.69 bits per heavy atom. The predicted octanol–water partition coefficient (Wildman–Crippen LogP) is 1.16. The van der Waals surface area contributed by atoms with Crippen LogP contribution in [0.1, 0.15) is 32.1 Å². The Kier molecular flexibility index (Phi) is 3.58. The molecular formula is C10H20N2O. The Labute approximate surface area is 80.4 Å². The third kappa shape index (κ3) is 2.93. The van der Waals surface area contributed by atoms with Gasteiger partial charge in [-0.2, -0.15) is 0 Å². The van der Waals surface area contributed by atoms with Crippen molar-refractivity contribution in [1.82, 2.24) is 10.4 Å². The molecule has 2 aliphatic heterocycles. The minimum Gasteiger partial charge on any atom is -0.381 e. The zero-order valence-corrected chi connectivity index (χ0v) is 8.30. The molecule has 2 saturated heterocycles. The van der Waals surface area contributed by atoms with E-state index in [1.165, 1.54) is 45.2 Å². The van der Waals surface area contributed by atoms with Gasteiger partial charge in [-0.05, 0) is 25.7 Å². The molecule has 0 amide bonds. The van der Waals surface area contributed by atoms with Gasteiger partial charge >= 0.3 is 0 Å². The van der Waals surface area contributed by atoms with Crippen LogP contribution in [0.5, 0.6) is 0 Å². The van der Waals surface area contributed by atoms with Crippen molar-refractivity contribution in [2.24, 2.45) is 0 Å². The zero-order valence-electron chi connectivity index (χ0n) is 8.30. The average Bonchev–Trinajstić information content (AvgIpc) is 2.21. The summed E-state index contributed by atoms with van der Waals surface area (Å²) in [5.74, 6) is 0. The number of nitrogens with zero attached hydrogens (tertiary/aromatic N) is 1. The number of hydrogen-bond acceptors (Lipinski definition) is 3. The molecule has 76 valence electrons. The monoisotopic (exact) mass is 184 g/mol. The summed E-state index contributed by atoms with van der Waals surface area (Å²) < 4.78 is 5.33. The fourth-order valence-electron chi connectivity index (χ4n) is 2.11. The van der Waals surface area contributed by atoms with Gasteiger partial charge in [0.25, 0.3) is 0 Å². The molecule has 0 atom stereocenters. The van der Waals surface area contributed by atoms with E-state index >= 15 is 0 Å². The highest BCUT2D eigenvalue weighted by Gasteiger charge is 2.17. The van der Waals surface area contributed by atoms with Gasteiger partial charge in [-0.3, -0.25) is 5.43 Å². The molecule has 0 radical (unpaired) electrons. The Bertz CT molecular complexity index is 124. The van der Waals surface area contributed by atoms with Crippen molar-refractivity contribution in [2.45, 2.75) is 38.1 Å². The largest absolute Gasteiger partial charge is 0.381 e. The van der Waals surface area contributed by atoms with Crippen molar-refractivity contribution in [3.63, 3.8) is 0 Å². The minimum atomic E-state index is 0.673. The van der Waals surface area contributed by atoms with Gasteiger partial charge in [0, 0.05) is 32.3 Å². The summed E-state index contributed by atoms with van der Waals surface area (Å²) >= 11 is 0. The van der Waals surface area contributed by atoms with Crippen molar-refractivity contribution in [1.29, 1.82) is 0 Å². The van der Waals surface area contributed by atoms with Crippen LogP contribution in [0.25, 0.3) is 0 Å². The highest BCUT2D eigenvalue weighted by Crippen LogP contribution is 2.10. The molecule has 13 heavy (non-hydrogen) atoms. The second-order valence-corrected chi connectivity index (χ2v) is 4.06. The lowest BCUT2D eigenvalue weighted by Gasteiger charge is -2.33. The number of nitrogens with one attached hydrogen (secondary N) is 1. The van der Waals surface area contributed by atoms with E-state index in [9.17, 15) is 0 Å². The second-order valence-electron chi connectivity index (χ2n) is 4.06. The van der Waals surface area contributed by atoms with Crippen LogP contribution >= 0.6 is 0 Å². The fraction of sp³-hybridized carbons (Fsp3) is 1.00. The van der Waals surface area contributed by atoms with Crippen LogP contribution in [-0.2, 0) is 4.74 Å². The molecule has 1 N–H and O–H groups in total. The third-order valence-corrected chi connectivity index (χ3v) is 2.94. The van der Waals surface area contributed by atoms with E-state index in [1.54, 1.807) is 0 Å². The summed E-state index contributed by atoms with van der Waals surface area (Å²) in [5, 5.41) is 2.40. The van der Waals surface area contributed by atoms with Gasteiger partial charge in [0.05, 0.1) is 0 Å². The summed E-state index contributed by atoms with van der Waals surface area (Å²) in [6, 6.07) is 0.673. The van der Waals surface area contributed by atoms with E-state index in [4.69, 9.17) is 4.74 Å². The van der Waals surface area contributed by atoms with Crippen molar-refractivity contribution in [3.8, 4) is 0 Å². The number of hydrazine groups is 1. The van der Waals surface area contributed by atoms with Gasteiger partial charge in [0.2, 0.25) is 0 Å². The highest BCUT2D eigenvalue weighted by molar-refractivity contribution is 4.70. The molecule has 0 spiro atoms. The van der Waals surface area contributed by atoms with Crippen molar-refractivity contribution < 1.29 is 4.74 Å². The van der Waals surface area contributed by atoms with E-state index < -0.39 is 0 Å². The molecule has 2 heterocycles. The summed E-state index contributed by atoms with van der Waals surface area (Å²) in [7, 11) is 0. The maximum absolute atomic E-state index is 5.33. The van der Waals surface area contributed by atoms with E-state index in [1.807, 2.05) is 0 Å². The first-order valence-corrected chi connectivity index (χ1v) is 5.54. The van der Waals surface area contributed by atoms with Gasteiger partial charge in [0.15, 0.2) is 0 Å². The average molecular weight is 184 g/mol. The first-order chi connectivity index (χ1) is 6.45. The van der Waals surface area contributed by atoms with Gasteiger partial charge in [-0.15, -0.1) is 0 Å². The fourth-order valence-corrected chi connectivity index (χ4v) is 2.11. The summed E-state index contributed by atoms with van der Waals surface area (Å²) in [6.45, 7) is 4.34. The molecule has 0 aromatic heterocycles. The third-order valence-electron chi connectivity index (χ3n) is 2.94. The predicted molar refractivity (Wildman–Crippen MR) is 52.4 cm³/mol. The first kappa shape index (κ1) is 9.44. The summed E-state index contributed by atoms with van der Waals surface area (Å²) in [4.78, 5) is 0. The lowest BCUT2D eigenvalue weighted by Crippen LogP contribution is -2.48. The summed E-state index contributed by atoms with van der Waals surface area (Å²) in [6.07, 6.45) is 6.48. The molecule has 3 heteroatoms. The van der Waals surface area contributed by atoms with E-state index in [0.717, 1.165) is 13.2 Å². The van der Waals surface area contributed by atoms with Crippen LogP contribution in [0.2, 0.25) is 0 Å². The number of piperidine rings is 1. The molecular weight excluding hydrogens is 164 g/mol. The number of ether oxygens (including phenoxy) is 1. The molecule has 0 bridgehead atoms. The van der Waals surface area contributed by atoms with Crippen LogP contribution in [0.4, 0.5) is 0 Å². The molecule has 0 unspecified atom stereocenters. The SMILES string of the molecule is C1CCN(NC2CCOCC2)CC1. The maximum Gasteiger partial charge on any atom is 0.0481 e. The second kappa shape index (κ2) is 4.94. The highest BCUT2D eigenvalue weighted by atomic mass is 16.5. The quantitative estimate of drug-likeness (QED) is 0.697. The maximum atomic E-state index is 5.33. The molecule has 0 aromatic rings. The smallest absolute Gasteiger partial charge is 0.0481 e. The van der Waals surface area contributed by atoms with Crippen LogP contribution in [0.3, 0.4) is 0 Å². The van der Waals surface area contributed by atoms with Crippen LogP contribution in [-0.4, -0.2) is 37.4 Å². The normalized spacial score (nSPS) is 27.7. The lowest BCUT2D eigenvalue weighted by atomic mass is 10.1. The van der Waals surface area contributed by atoms with Gasteiger partial charge < -0.3 is 4.74 Å². The van der Waals surface area contributed by atoms with E-state index in [0.29, 0.717) is 6.04 Å². The standard InChI is InChI=1S/C10H20N2O/c1-2-6-12(7-3-1)11-10-4-8-13-9-5-10/h10-11H,1-9H2. The first-order valence-electron chi connectivity index (χ1n) is 5.54.